The van der Waals surface area contributed by atoms with E-state index in [1.807, 2.05) is 20.2 Å². The standard InChI is InChI=1S/C14H25N5O/c1-7-19(16-4)14(17-11-15)12(2)10-18(5)13(3)8-9-20-6/h7,10-11,13,15H,1,4,8-9H2,2-3,5-6H3/b12-10+,15-11?,17-14?. The Morgan fingerprint density at radius 3 is 2.60 bits per heavy atom. The molecular weight excluding hydrogens is 254 g/mol. The molecule has 1 N–H and O–H groups in total. The topological polar surface area (TPSA) is 64.3 Å². The number of amidine groups is 1. The van der Waals surface area contributed by atoms with E-state index in [9.17, 15) is 0 Å². The van der Waals surface area contributed by atoms with Gasteiger partial charge in [-0.1, -0.05) is 6.58 Å². The van der Waals surface area contributed by atoms with Crippen molar-refractivity contribution in [3.05, 3.63) is 24.6 Å². The normalized spacial score (nSPS) is 13.6. The molecule has 0 bridgehead atoms. The van der Waals surface area contributed by atoms with Gasteiger partial charge < -0.3 is 9.64 Å². The minimum atomic E-state index is 0.333. The quantitative estimate of drug-likeness (QED) is 0.400. The van der Waals surface area contributed by atoms with Crippen LogP contribution in [0.5, 0.6) is 0 Å². The molecule has 20 heavy (non-hydrogen) atoms. The summed E-state index contributed by atoms with van der Waals surface area (Å²) >= 11 is 0. The molecule has 0 aromatic heterocycles. The maximum absolute atomic E-state index is 7.13. The second-order valence-electron chi connectivity index (χ2n) is 4.36. The first-order valence-electron chi connectivity index (χ1n) is 6.36. The minimum absolute atomic E-state index is 0.333. The molecular formula is C14H25N5O. The van der Waals surface area contributed by atoms with Gasteiger partial charge in [0.15, 0.2) is 5.84 Å². The Bertz CT molecular complexity index is 381. The summed E-state index contributed by atoms with van der Waals surface area (Å²) in [6.45, 7) is 11.9. The van der Waals surface area contributed by atoms with Gasteiger partial charge in [0.25, 0.3) is 0 Å². The number of ether oxygens (including phenoxy) is 1. The molecule has 0 spiro atoms. The van der Waals surface area contributed by atoms with E-state index in [4.69, 9.17) is 10.1 Å². The average Bonchev–Trinajstić information content (AvgIpc) is 2.44. The Hall–Kier alpha value is -1.95. The van der Waals surface area contributed by atoms with E-state index in [1.165, 1.54) is 11.2 Å². The van der Waals surface area contributed by atoms with E-state index in [0.29, 0.717) is 18.5 Å². The van der Waals surface area contributed by atoms with Crippen molar-refractivity contribution in [1.29, 1.82) is 5.41 Å². The van der Waals surface area contributed by atoms with Crippen LogP contribution in [0.1, 0.15) is 20.3 Å². The van der Waals surface area contributed by atoms with Gasteiger partial charge in [0, 0.05) is 51.5 Å². The summed E-state index contributed by atoms with van der Waals surface area (Å²) in [5, 5.41) is 12.4. The zero-order valence-corrected chi connectivity index (χ0v) is 12.8. The van der Waals surface area contributed by atoms with Crippen molar-refractivity contribution < 1.29 is 4.74 Å². The summed E-state index contributed by atoms with van der Waals surface area (Å²) in [6, 6.07) is 0.333. The van der Waals surface area contributed by atoms with Crippen molar-refractivity contribution in [3.63, 3.8) is 0 Å². The van der Waals surface area contributed by atoms with Crippen LogP contribution in [0.15, 0.2) is 34.6 Å². The number of aliphatic imine (C=N–C) groups is 1. The summed E-state index contributed by atoms with van der Waals surface area (Å²) in [7, 11) is 3.69. The van der Waals surface area contributed by atoms with E-state index in [0.717, 1.165) is 18.3 Å². The lowest BCUT2D eigenvalue weighted by atomic mass is 10.2. The summed E-state index contributed by atoms with van der Waals surface area (Å²) in [4.78, 5) is 6.08. The van der Waals surface area contributed by atoms with E-state index >= 15 is 0 Å². The number of hydrogen-bond acceptors (Lipinski definition) is 4. The van der Waals surface area contributed by atoms with Gasteiger partial charge in [0.2, 0.25) is 0 Å². The van der Waals surface area contributed by atoms with Crippen molar-refractivity contribution in [2.75, 3.05) is 20.8 Å². The molecule has 1 atom stereocenters. The number of nitrogens with zero attached hydrogens (tertiary/aromatic N) is 4. The largest absolute Gasteiger partial charge is 0.385 e. The highest BCUT2D eigenvalue weighted by atomic mass is 16.5. The van der Waals surface area contributed by atoms with Crippen molar-refractivity contribution in [3.8, 4) is 0 Å². The van der Waals surface area contributed by atoms with Crippen LogP contribution in [0.3, 0.4) is 0 Å². The maximum atomic E-state index is 7.13. The Balaban J connectivity index is 5.05. The third kappa shape index (κ3) is 5.79. The smallest absolute Gasteiger partial charge is 0.159 e. The summed E-state index contributed by atoms with van der Waals surface area (Å²) in [6.07, 6.45) is 5.37. The first-order valence-corrected chi connectivity index (χ1v) is 6.36. The molecule has 0 fully saturated rings. The summed E-state index contributed by atoms with van der Waals surface area (Å²) in [5.74, 6) is 0.524. The lowest BCUT2D eigenvalue weighted by Crippen LogP contribution is -2.28. The molecule has 0 aromatic rings. The van der Waals surface area contributed by atoms with Crippen LogP contribution in [-0.2, 0) is 4.74 Å². The predicted molar refractivity (Wildman–Crippen MR) is 85.3 cm³/mol. The van der Waals surface area contributed by atoms with E-state index in [2.05, 4.69) is 35.2 Å². The van der Waals surface area contributed by atoms with Gasteiger partial charge >= 0.3 is 0 Å². The van der Waals surface area contributed by atoms with Crippen LogP contribution in [0.2, 0.25) is 0 Å². The molecule has 0 saturated carbocycles. The third-order valence-corrected chi connectivity index (χ3v) is 2.91. The second-order valence-corrected chi connectivity index (χ2v) is 4.36. The molecule has 0 heterocycles. The Morgan fingerprint density at radius 1 is 1.50 bits per heavy atom. The molecule has 0 aliphatic heterocycles. The zero-order chi connectivity index (χ0) is 15.5. The highest BCUT2D eigenvalue weighted by molar-refractivity contribution is 6.01. The van der Waals surface area contributed by atoms with Gasteiger partial charge in [-0.15, -0.1) is 0 Å². The van der Waals surface area contributed by atoms with Gasteiger partial charge in [-0.05, 0) is 20.3 Å². The highest BCUT2D eigenvalue weighted by Crippen LogP contribution is 2.09. The van der Waals surface area contributed by atoms with E-state index in [-0.39, 0.29) is 0 Å². The van der Waals surface area contributed by atoms with Gasteiger partial charge in [0.05, 0.1) is 0 Å². The molecule has 0 aliphatic carbocycles. The highest BCUT2D eigenvalue weighted by Gasteiger charge is 2.11. The van der Waals surface area contributed by atoms with Crippen LogP contribution in [0.25, 0.3) is 0 Å². The molecule has 0 rings (SSSR count). The zero-order valence-electron chi connectivity index (χ0n) is 12.8. The summed E-state index contributed by atoms with van der Waals surface area (Å²) in [5.41, 5.74) is 0.868. The van der Waals surface area contributed by atoms with Crippen molar-refractivity contribution in [1.82, 2.24) is 9.91 Å². The van der Waals surface area contributed by atoms with E-state index in [1.54, 1.807) is 7.11 Å². The fourth-order valence-electron chi connectivity index (χ4n) is 1.60. The molecule has 0 saturated heterocycles. The number of rotatable bonds is 9. The van der Waals surface area contributed by atoms with Gasteiger partial charge in [-0.3, -0.25) is 5.41 Å². The van der Waals surface area contributed by atoms with Crippen LogP contribution in [0, 0.1) is 5.41 Å². The Kier molecular flexibility index (Phi) is 8.95. The Morgan fingerprint density at radius 2 is 2.15 bits per heavy atom. The third-order valence-electron chi connectivity index (χ3n) is 2.91. The van der Waals surface area contributed by atoms with Gasteiger partial charge in [0.1, 0.15) is 6.34 Å². The lowest BCUT2D eigenvalue weighted by Gasteiger charge is -2.25. The van der Waals surface area contributed by atoms with Crippen molar-refractivity contribution in [2.45, 2.75) is 26.3 Å². The maximum Gasteiger partial charge on any atom is 0.159 e. The molecule has 1 unspecified atom stereocenters. The molecule has 0 amide bonds. The molecule has 0 aromatic carbocycles. The number of hydrogen-bond donors (Lipinski definition) is 1. The molecule has 0 aliphatic rings. The molecule has 6 heteroatoms. The Labute approximate surface area is 121 Å². The number of nitrogens with one attached hydrogen (secondary N) is 1. The van der Waals surface area contributed by atoms with Crippen LogP contribution in [0.4, 0.5) is 0 Å². The van der Waals surface area contributed by atoms with Crippen LogP contribution >= 0.6 is 0 Å². The molecule has 0 radical (unpaired) electrons. The number of hydrazone groups is 1. The SMILES string of the molecule is C=CN(N=C)C(=NC=N)/C(C)=C/N(C)C(C)CCOC. The first kappa shape index (κ1) is 18.0. The monoisotopic (exact) mass is 279 g/mol. The fourth-order valence-corrected chi connectivity index (χ4v) is 1.60. The first-order chi connectivity index (χ1) is 9.51. The van der Waals surface area contributed by atoms with Gasteiger partial charge in [-0.2, -0.15) is 5.10 Å². The van der Waals surface area contributed by atoms with Crippen LogP contribution in [-0.4, -0.2) is 55.6 Å². The van der Waals surface area contributed by atoms with Crippen molar-refractivity contribution in [2.24, 2.45) is 10.1 Å². The molecule has 112 valence electrons. The summed E-state index contributed by atoms with van der Waals surface area (Å²) < 4.78 is 5.08. The molecule has 6 nitrogen and oxygen atoms in total. The van der Waals surface area contributed by atoms with Crippen molar-refractivity contribution >= 4 is 18.9 Å². The average molecular weight is 279 g/mol. The minimum Gasteiger partial charge on any atom is -0.385 e. The van der Waals surface area contributed by atoms with Gasteiger partial charge in [-0.25, -0.2) is 10.0 Å². The second kappa shape index (κ2) is 9.91. The fraction of sp³-hybridized carbons (Fsp3) is 0.500. The van der Waals surface area contributed by atoms with Crippen LogP contribution < -0.4 is 0 Å². The number of methoxy groups -OCH3 is 1. The van der Waals surface area contributed by atoms with E-state index < -0.39 is 0 Å². The lowest BCUT2D eigenvalue weighted by molar-refractivity contribution is 0.168. The predicted octanol–water partition coefficient (Wildman–Crippen LogP) is 2.31.